The van der Waals surface area contributed by atoms with E-state index >= 15 is 0 Å². The third-order valence-electron chi connectivity index (χ3n) is 6.54. The highest BCUT2D eigenvalue weighted by molar-refractivity contribution is 5.94. The highest BCUT2D eigenvalue weighted by atomic mass is 19.1. The number of unbranched alkanes of at least 4 members (excludes halogenated alkanes) is 1. The molecule has 0 spiro atoms. The summed E-state index contributed by atoms with van der Waals surface area (Å²) < 4.78 is 37.6. The van der Waals surface area contributed by atoms with Crippen LogP contribution in [0, 0.1) is 17.6 Å². The Balaban J connectivity index is 2.14. The zero-order valence-corrected chi connectivity index (χ0v) is 23.9. The molecule has 3 amide bonds. The zero-order chi connectivity index (χ0) is 30.5. The van der Waals surface area contributed by atoms with Crippen molar-refractivity contribution in [3.05, 3.63) is 47.5 Å². The zero-order valence-electron chi connectivity index (χ0n) is 23.9. The molecule has 12 heteroatoms. The monoisotopic (exact) mass is 579 g/mol. The van der Waals surface area contributed by atoms with Crippen LogP contribution in [0.25, 0.3) is 0 Å². The Bertz CT molecular complexity index is 1110. The number of benzene rings is 1. The lowest BCUT2D eigenvalue weighted by Gasteiger charge is -2.24. The maximum atomic E-state index is 13.8. The lowest BCUT2D eigenvalue weighted by atomic mass is 10.0. The molecule has 0 saturated carbocycles. The molecule has 1 fully saturated rings. The van der Waals surface area contributed by atoms with Crippen LogP contribution in [-0.4, -0.2) is 72.9 Å². The molecule has 0 radical (unpaired) electrons. The Labute approximate surface area is 238 Å². The molecule has 1 unspecified atom stereocenters. The highest BCUT2D eigenvalue weighted by Gasteiger charge is 2.35. The van der Waals surface area contributed by atoms with Crippen LogP contribution in [0.15, 0.2) is 30.4 Å². The first-order valence-corrected chi connectivity index (χ1v) is 13.6. The molecule has 1 aliphatic heterocycles. The molecule has 1 heterocycles. The molecule has 3 atom stereocenters. The summed E-state index contributed by atoms with van der Waals surface area (Å²) in [5.74, 6) is -4.62. The Kier molecular flexibility index (Phi) is 13.4. The molecule has 1 saturated heterocycles. The first-order valence-electron chi connectivity index (χ1n) is 13.6. The Morgan fingerprint density at radius 2 is 1.76 bits per heavy atom. The number of methoxy groups -OCH3 is 1. The van der Waals surface area contributed by atoms with Gasteiger partial charge in [0.25, 0.3) is 0 Å². The second-order valence-corrected chi connectivity index (χ2v) is 10.4. The molecule has 0 aliphatic carbocycles. The number of hydrogen-bond acceptors (Lipinski definition) is 7. The normalized spacial score (nSPS) is 16.4. The quantitative estimate of drug-likeness (QED) is 0.197. The highest BCUT2D eigenvalue weighted by Crippen LogP contribution is 2.19. The van der Waals surface area contributed by atoms with Crippen LogP contribution in [0.2, 0.25) is 0 Å². The van der Waals surface area contributed by atoms with Gasteiger partial charge in [0.2, 0.25) is 17.7 Å². The van der Waals surface area contributed by atoms with Crippen LogP contribution in [0.5, 0.6) is 0 Å². The van der Waals surface area contributed by atoms with Crippen molar-refractivity contribution >= 4 is 29.7 Å². The van der Waals surface area contributed by atoms with Crippen LogP contribution in [0.1, 0.15) is 58.4 Å². The maximum absolute atomic E-state index is 13.8. The number of nitrogens with one attached hydrogen (secondary N) is 2. The van der Waals surface area contributed by atoms with E-state index < -0.39 is 60.1 Å². The first-order chi connectivity index (χ1) is 19.4. The Morgan fingerprint density at radius 1 is 1.07 bits per heavy atom. The van der Waals surface area contributed by atoms with E-state index in [1.807, 2.05) is 0 Å². The molecule has 1 aromatic carbocycles. The fourth-order valence-corrected chi connectivity index (χ4v) is 4.46. The SMILES string of the molecule is COC(=O)[C@H](COC(=O)C1CCCN1C(C)=O)NC(=O)[C@H](Cc1cc(F)cc(F)c1)NC(=O)/C=C/CCCC(C)C. The van der Waals surface area contributed by atoms with Crippen molar-refractivity contribution in [3.8, 4) is 0 Å². The van der Waals surface area contributed by atoms with E-state index in [9.17, 15) is 32.8 Å². The fraction of sp³-hybridized carbons (Fsp3) is 0.552. The molecule has 1 aliphatic rings. The van der Waals surface area contributed by atoms with Crippen molar-refractivity contribution in [1.82, 2.24) is 15.5 Å². The molecular formula is C29H39F2N3O7. The molecule has 2 rings (SSSR count). The average molecular weight is 580 g/mol. The predicted octanol–water partition coefficient (Wildman–Crippen LogP) is 2.59. The number of amides is 3. The standard InChI is InChI=1S/C29H39F2N3O7/c1-18(2)9-6-5-7-11-26(36)32-23(15-20-13-21(30)16-22(31)14-20)27(37)33-24(28(38)40-4)17-41-29(39)25-10-8-12-34(25)19(3)35/h7,11,13-14,16,18,23-25H,5-6,8-10,12,15,17H2,1-4H3,(H,32,36)(H,33,37)/b11-7+/t23-,24-,25?/m0/s1. The minimum atomic E-state index is -1.45. The van der Waals surface area contributed by atoms with E-state index in [1.54, 1.807) is 6.08 Å². The number of ether oxygens (including phenoxy) is 2. The summed E-state index contributed by atoms with van der Waals surface area (Å²) in [5.41, 5.74) is 0.0930. The minimum absolute atomic E-state index is 0.0930. The van der Waals surface area contributed by atoms with Gasteiger partial charge in [-0.3, -0.25) is 14.4 Å². The van der Waals surface area contributed by atoms with Gasteiger partial charge in [0, 0.05) is 26.0 Å². The van der Waals surface area contributed by atoms with E-state index in [2.05, 4.69) is 24.5 Å². The lowest BCUT2D eigenvalue weighted by molar-refractivity contribution is -0.157. The summed E-state index contributed by atoms with van der Waals surface area (Å²) in [7, 11) is 1.08. The van der Waals surface area contributed by atoms with Crippen molar-refractivity contribution in [2.24, 2.45) is 5.92 Å². The van der Waals surface area contributed by atoms with Gasteiger partial charge in [0.05, 0.1) is 7.11 Å². The van der Waals surface area contributed by atoms with Gasteiger partial charge >= 0.3 is 11.9 Å². The molecule has 41 heavy (non-hydrogen) atoms. The largest absolute Gasteiger partial charge is 0.467 e. The van der Waals surface area contributed by atoms with E-state index in [1.165, 1.54) is 17.9 Å². The topological polar surface area (TPSA) is 131 Å². The second kappa shape index (κ2) is 16.4. The van der Waals surface area contributed by atoms with Gasteiger partial charge in [-0.2, -0.15) is 0 Å². The number of carbonyl (C=O) groups is 5. The number of rotatable bonds is 14. The van der Waals surface area contributed by atoms with Crippen molar-refractivity contribution in [2.45, 2.75) is 77.4 Å². The van der Waals surface area contributed by atoms with E-state index in [-0.39, 0.29) is 17.9 Å². The summed E-state index contributed by atoms with van der Waals surface area (Å²) in [6.07, 6.45) is 6.16. The predicted molar refractivity (Wildman–Crippen MR) is 145 cm³/mol. The molecule has 226 valence electrons. The summed E-state index contributed by atoms with van der Waals surface area (Å²) in [5, 5.41) is 4.90. The second-order valence-electron chi connectivity index (χ2n) is 10.4. The van der Waals surface area contributed by atoms with Crippen molar-refractivity contribution < 1.29 is 42.2 Å². The number of halogens is 2. The van der Waals surface area contributed by atoms with Crippen LogP contribution in [0.3, 0.4) is 0 Å². The summed E-state index contributed by atoms with van der Waals surface area (Å²) in [6, 6.07) is -0.855. The molecule has 0 aromatic heterocycles. The molecular weight excluding hydrogens is 540 g/mol. The number of carbonyl (C=O) groups excluding carboxylic acids is 5. The smallest absolute Gasteiger partial charge is 0.331 e. The van der Waals surface area contributed by atoms with Gasteiger partial charge in [-0.25, -0.2) is 18.4 Å². The number of esters is 2. The number of hydrogen-bond donors (Lipinski definition) is 2. The summed E-state index contributed by atoms with van der Waals surface area (Å²) in [6.45, 7) is 5.33. The van der Waals surface area contributed by atoms with Crippen molar-refractivity contribution in [2.75, 3.05) is 20.3 Å². The van der Waals surface area contributed by atoms with Crippen LogP contribution >= 0.6 is 0 Å². The fourth-order valence-electron chi connectivity index (χ4n) is 4.46. The first kappa shape index (κ1) is 33.4. The molecule has 0 bridgehead atoms. The van der Waals surface area contributed by atoms with Crippen molar-refractivity contribution in [1.29, 1.82) is 0 Å². The van der Waals surface area contributed by atoms with Gasteiger partial charge in [-0.15, -0.1) is 0 Å². The summed E-state index contributed by atoms with van der Waals surface area (Å²) >= 11 is 0. The van der Waals surface area contributed by atoms with Gasteiger partial charge in [0.1, 0.15) is 30.3 Å². The third-order valence-corrected chi connectivity index (χ3v) is 6.54. The summed E-state index contributed by atoms with van der Waals surface area (Å²) in [4.78, 5) is 64.0. The molecule has 10 nitrogen and oxygen atoms in total. The van der Waals surface area contributed by atoms with Crippen LogP contribution in [0.4, 0.5) is 8.78 Å². The van der Waals surface area contributed by atoms with E-state index in [0.29, 0.717) is 37.8 Å². The van der Waals surface area contributed by atoms with Gasteiger partial charge in [0.15, 0.2) is 6.04 Å². The maximum Gasteiger partial charge on any atom is 0.331 e. The molecule has 2 N–H and O–H groups in total. The number of likely N-dealkylation sites (tertiary alicyclic amines) is 1. The van der Waals surface area contributed by atoms with Crippen LogP contribution in [-0.2, 0) is 39.9 Å². The lowest BCUT2D eigenvalue weighted by Crippen LogP contribution is -2.54. The Hall–Kier alpha value is -3.83. The van der Waals surface area contributed by atoms with Gasteiger partial charge in [-0.05, 0) is 55.4 Å². The Morgan fingerprint density at radius 3 is 2.37 bits per heavy atom. The average Bonchev–Trinajstić information content (AvgIpc) is 3.39. The molecule has 1 aromatic rings. The van der Waals surface area contributed by atoms with E-state index in [4.69, 9.17) is 9.47 Å². The van der Waals surface area contributed by atoms with Gasteiger partial charge in [-0.1, -0.05) is 26.3 Å². The van der Waals surface area contributed by atoms with Crippen molar-refractivity contribution in [3.63, 3.8) is 0 Å². The third kappa shape index (κ3) is 11.3. The van der Waals surface area contributed by atoms with Crippen LogP contribution < -0.4 is 10.6 Å². The minimum Gasteiger partial charge on any atom is -0.467 e. The van der Waals surface area contributed by atoms with Gasteiger partial charge < -0.3 is 25.0 Å². The number of nitrogens with zero attached hydrogens (tertiary/aromatic N) is 1. The van der Waals surface area contributed by atoms with E-state index in [0.717, 1.165) is 32.1 Å². The number of allylic oxidation sites excluding steroid dienone is 1.